The largest absolute Gasteiger partial charge is 0.451 e. The van der Waals surface area contributed by atoms with Gasteiger partial charge in [-0.25, -0.2) is 0 Å². The summed E-state index contributed by atoms with van der Waals surface area (Å²) in [5.74, 6) is 1.70. The molecule has 0 aromatic carbocycles. The van der Waals surface area contributed by atoms with E-state index >= 15 is 0 Å². The lowest BCUT2D eigenvalue weighted by atomic mass is 9.44. The summed E-state index contributed by atoms with van der Waals surface area (Å²) >= 11 is 0. The van der Waals surface area contributed by atoms with Crippen molar-refractivity contribution in [3.8, 4) is 0 Å². The first-order valence-corrected chi connectivity index (χ1v) is 12.0. The van der Waals surface area contributed by atoms with Crippen LogP contribution in [0.1, 0.15) is 72.6 Å². The standard InChI is InChI=1S/C26H39NO4/c1-16(28)26(31-17(2)29)12-9-22-20-13-18(15-27(5)6)23-14-19(30)7-10-24(23,3)21(20)8-11-25(22,26)4/h14,18,20-22H,7-13,15H2,1-6H3/t18-,20-,21+,22+,24-,25+,26+/m1/s1. The number of nitrogens with zero attached hydrogens (tertiary/aromatic N) is 1. The van der Waals surface area contributed by atoms with Crippen molar-refractivity contribution in [1.29, 1.82) is 0 Å². The Morgan fingerprint density at radius 3 is 2.39 bits per heavy atom. The van der Waals surface area contributed by atoms with Gasteiger partial charge in [0.1, 0.15) is 0 Å². The smallest absolute Gasteiger partial charge is 0.303 e. The van der Waals surface area contributed by atoms with Crippen LogP contribution in [0.3, 0.4) is 0 Å². The van der Waals surface area contributed by atoms with E-state index in [1.54, 1.807) is 6.92 Å². The number of hydrogen-bond acceptors (Lipinski definition) is 5. The topological polar surface area (TPSA) is 63.7 Å². The van der Waals surface area contributed by atoms with Gasteiger partial charge in [-0.05, 0) is 94.7 Å². The lowest BCUT2D eigenvalue weighted by Crippen LogP contribution is -2.59. The predicted molar refractivity (Wildman–Crippen MR) is 119 cm³/mol. The van der Waals surface area contributed by atoms with Gasteiger partial charge in [-0.1, -0.05) is 19.4 Å². The van der Waals surface area contributed by atoms with Crippen molar-refractivity contribution in [3.63, 3.8) is 0 Å². The van der Waals surface area contributed by atoms with Gasteiger partial charge in [0, 0.05) is 25.3 Å². The molecule has 0 saturated heterocycles. The zero-order valence-corrected chi connectivity index (χ0v) is 20.1. The first kappa shape index (κ1) is 22.7. The summed E-state index contributed by atoms with van der Waals surface area (Å²) in [7, 11) is 4.22. The molecule has 7 atom stereocenters. The van der Waals surface area contributed by atoms with Crippen LogP contribution < -0.4 is 0 Å². The van der Waals surface area contributed by atoms with Gasteiger partial charge in [0.25, 0.3) is 0 Å². The number of esters is 1. The molecule has 0 bridgehead atoms. The predicted octanol–water partition coefficient (Wildman–Crippen LogP) is 4.20. The molecular weight excluding hydrogens is 390 g/mol. The highest BCUT2D eigenvalue weighted by Crippen LogP contribution is 2.69. The van der Waals surface area contributed by atoms with Crippen LogP contribution in [0.5, 0.6) is 0 Å². The monoisotopic (exact) mass is 429 g/mol. The minimum absolute atomic E-state index is 0.00172. The van der Waals surface area contributed by atoms with Gasteiger partial charge in [0.15, 0.2) is 17.2 Å². The Balaban J connectivity index is 1.75. The van der Waals surface area contributed by atoms with Gasteiger partial charge in [0.05, 0.1) is 0 Å². The van der Waals surface area contributed by atoms with Crippen LogP contribution in [-0.2, 0) is 19.1 Å². The summed E-state index contributed by atoms with van der Waals surface area (Å²) in [6.07, 6.45) is 8.14. The maximum Gasteiger partial charge on any atom is 0.303 e. The zero-order valence-electron chi connectivity index (χ0n) is 20.1. The molecule has 3 saturated carbocycles. The molecule has 172 valence electrons. The first-order chi connectivity index (χ1) is 14.4. The molecule has 0 aromatic rings. The number of carbonyl (C=O) groups is 3. The van der Waals surface area contributed by atoms with Gasteiger partial charge in [0.2, 0.25) is 0 Å². The second kappa shape index (κ2) is 7.54. The molecule has 5 heteroatoms. The van der Waals surface area contributed by atoms with E-state index in [0.29, 0.717) is 36.5 Å². The fraction of sp³-hybridized carbons (Fsp3) is 0.808. The zero-order chi connectivity index (χ0) is 22.8. The van der Waals surface area contributed by atoms with Crippen molar-refractivity contribution in [2.45, 2.75) is 78.2 Å². The van der Waals surface area contributed by atoms with Gasteiger partial charge < -0.3 is 9.64 Å². The van der Waals surface area contributed by atoms with Crippen molar-refractivity contribution in [1.82, 2.24) is 4.90 Å². The number of ketones is 2. The number of rotatable bonds is 4. The fourth-order valence-corrected chi connectivity index (χ4v) is 8.46. The van der Waals surface area contributed by atoms with Crippen molar-refractivity contribution in [2.24, 2.45) is 34.5 Å². The van der Waals surface area contributed by atoms with Gasteiger partial charge in [-0.3, -0.25) is 14.4 Å². The number of fused-ring (bicyclic) bond motifs is 5. The van der Waals surface area contributed by atoms with Crippen molar-refractivity contribution >= 4 is 17.5 Å². The minimum Gasteiger partial charge on any atom is -0.451 e. The third kappa shape index (κ3) is 3.25. The van der Waals surface area contributed by atoms with Crippen LogP contribution in [0.15, 0.2) is 11.6 Å². The SMILES string of the molecule is CC(=O)O[C@]1(C(C)=O)CC[C@H]2[C@@H]3C[C@H](CN(C)C)C4=CC(=O)CC[C@]4(C)[C@H]3CC[C@@]21C. The molecule has 0 unspecified atom stereocenters. The van der Waals surface area contributed by atoms with E-state index in [9.17, 15) is 14.4 Å². The third-order valence-corrected chi connectivity index (χ3v) is 9.71. The summed E-state index contributed by atoms with van der Waals surface area (Å²) in [6, 6.07) is 0. The summed E-state index contributed by atoms with van der Waals surface area (Å²) in [5, 5.41) is 0. The Kier molecular flexibility index (Phi) is 5.52. The molecule has 0 aromatic heterocycles. The summed E-state index contributed by atoms with van der Waals surface area (Å²) in [6.45, 7) is 8.59. The van der Waals surface area contributed by atoms with Crippen LogP contribution in [0.25, 0.3) is 0 Å². The molecule has 4 rings (SSSR count). The lowest BCUT2D eigenvalue weighted by Gasteiger charge is -2.61. The van der Waals surface area contributed by atoms with Gasteiger partial charge >= 0.3 is 5.97 Å². The first-order valence-electron chi connectivity index (χ1n) is 12.0. The Labute approximate surface area is 187 Å². The molecule has 0 spiro atoms. The summed E-state index contributed by atoms with van der Waals surface area (Å²) in [4.78, 5) is 39.6. The average molecular weight is 430 g/mol. The molecule has 0 radical (unpaired) electrons. The molecule has 3 fully saturated rings. The van der Waals surface area contributed by atoms with E-state index in [-0.39, 0.29) is 28.4 Å². The number of Topliss-reactive ketones (excluding diaryl/α,β-unsaturated/α-hetero) is 1. The normalized spacial score (nSPS) is 44.2. The highest BCUT2D eigenvalue weighted by atomic mass is 16.6. The van der Waals surface area contributed by atoms with E-state index in [2.05, 4.69) is 32.8 Å². The molecule has 5 nitrogen and oxygen atoms in total. The Morgan fingerprint density at radius 2 is 1.77 bits per heavy atom. The molecular formula is C26H39NO4. The third-order valence-electron chi connectivity index (χ3n) is 9.71. The molecule has 4 aliphatic rings. The van der Waals surface area contributed by atoms with Crippen molar-refractivity contribution in [3.05, 3.63) is 11.6 Å². The lowest BCUT2D eigenvalue weighted by molar-refractivity contribution is -0.188. The van der Waals surface area contributed by atoms with E-state index in [1.165, 1.54) is 12.5 Å². The molecule has 0 aliphatic heterocycles. The number of carbonyl (C=O) groups excluding carboxylic acids is 3. The fourth-order valence-electron chi connectivity index (χ4n) is 8.46. The maximum absolute atomic E-state index is 12.9. The summed E-state index contributed by atoms with van der Waals surface area (Å²) in [5.41, 5.74) is 0.140. The molecule has 31 heavy (non-hydrogen) atoms. The Bertz CT molecular complexity index is 831. The second-order valence-electron chi connectivity index (χ2n) is 11.5. The Morgan fingerprint density at radius 1 is 1.10 bits per heavy atom. The Hall–Kier alpha value is -1.49. The molecule has 0 heterocycles. The molecule has 4 aliphatic carbocycles. The van der Waals surface area contributed by atoms with E-state index in [0.717, 1.165) is 38.6 Å². The van der Waals surface area contributed by atoms with Crippen LogP contribution in [0, 0.1) is 34.5 Å². The number of ether oxygens (including phenoxy) is 1. The highest BCUT2D eigenvalue weighted by Gasteiger charge is 2.68. The number of hydrogen-bond donors (Lipinski definition) is 0. The summed E-state index contributed by atoms with van der Waals surface area (Å²) < 4.78 is 5.90. The van der Waals surface area contributed by atoms with Gasteiger partial charge in [-0.15, -0.1) is 0 Å². The molecule has 0 N–H and O–H groups in total. The van der Waals surface area contributed by atoms with Crippen molar-refractivity contribution < 1.29 is 19.1 Å². The van der Waals surface area contributed by atoms with Crippen LogP contribution in [-0.4, -0.2) is 48.7 Å². The highest BCUT2D eigenvalue weighted by molar-refractivity contribution is 5.92. The maximum atomic E-state index is 12.9. The van der Waals surface area contributed by atoms with E-state index < -0.39 is 5.60 Å². The second-order valence-corrected chi connectivity index (χ2v) is 11.5. The van der Waals surface area contributed by atoms with E-state index in [1.807, 2.05) is 6.08 Å². The van der Waals surface area contributed by atoms with Crippen LogP contribution in [0.4, 0.5) is 0 Å². The quantitative estimate of drug-likeness (QED) is 0.627. The minimum atomic E-state index is -0.981. The molecule has 0 amide bonds. The van der Waals surface area contributed by atoms with Crippen molar-refractivity contribution in [2.75, 3.05) is 20.6 Å². The average Bonchev–Trinajstić information content (AvgIpc) is 2.96. The van der Waals surface area contributed by atoms with E-state index in [4.69, 9.17) is 4.74 Å². The van der Waals surface area contributed by atoms with Crippen LogP contribution >= 0.6 is 0 Å². The van der Waals surface area contributed by atoms with Gasteiger partial charge in [-0.2, -0.15) is 0 Å². The van der Waals surface area contributed by atoms with Crippen LogP contribution in [0.2, 0.25) is 0 Å².